The number of nitrogens with zero attached hydrogens (tertiary/aromatic N) is 2. The standard InChI is InChI=1S/C7H10N2O2/c1-5(2-8)7(11)6(3-9)4-10/h5-7,10-11H,4H2,1H3. The molecule has 0 bridgehead atoms. The molecule has 4 heteroatoms. The predicted octanol–water partition coefficient (Wildman–Crippen LogP) is -0.361. The molecule has 3 unspecified atom stereocenters. The number of hydrogen-bond donors (Lipinski definition) is 2. The van der Waals surface area contributed by atoms with Crippen molar-refractivity contribution in [2.75, 3.05) is 6.61 Å². The van der Waals surface area contributed by atoms with Crippen molar-refractivity contribution in [1.29, 1.82) is 10.5 Å². The molecule has 0 saturated heterocycles. The molecule has 11 heavy (non-hydrogen) atoms. The van der Waals surface area contributed by atoms with E-state index >= 15 is 0 Å². The van der Waals surface area contributed by atoms with Crippen molar-refractivity contribution in [3.05, 3.63) is 0 Å². The van der Waals surface area contributed by atoms with Gasteiger partial charge in [-0.3, -0.25) is 0 Å². The van der Waals surface area contributed by atoms with Crippen LogP contribution >= 0.6 is 0 Å². The minimum Gasteiger partial charge on any atom is -0.395 e. The minimum absolute atomic E-state index is 0.413. The van der Waals surface area contributed by atoms with Crippen LogP contribution in [0.1, 0.15) is 6.92 Å². The lowest BCUT2D eigenvalue weighted by Crippen LogP contribution is -2.28. The third-order valence-corrected chi connectivity index (χ3v) is 1.49. The molecular formula is C7H10N2O2. The Kier molecular flexibility index (Phi) is 4.21. The van der Waals surface area contributed by atoms with Crippen molar-refractivity contribution in [3.8, 4) is 12.1 Å². The molecule has 0 fully saturated rings. The number of aliphatic hydroxyl groups excluding tert-OH is 2. The molecule has 2 N–H and O–H groups in total. The van der Waals surface area contributed by atoms with Crippen LogP contribution in [0.4, 0.5) is 0 Å². The molecule has 0 aromatic heterocycles. The molecule has 0 aliphatic rings. The van der Waals surface area contributed by atoms with Crippen molar-refractivity contribution < 1.29 is 10.2 Å². The SMILES string of the molecule is CC(C#N)C(O)C(C#N)CO. The minimum atomic E-state index is -1.06. The lowest BCUT2D eigenvalue weighted by atomic mass is 9.95. The Morgan fingerprint density at radius 3 is 2.18 bits per heavy atom. The van der Waals surface area contributed by atoms with Gasteiger partial charge in [0.05, 0.1) is 36.7 Å². The highest BCUT2D eigenvalue weighted by molar-refractivity contribution is 4.96. The normalized spacial score (nSPS) is 17.5. The summed E-state index contributed by atoms with van der Waals surface area (Å²) in [6, 6.07) is 3.52. The van der Waals surface area contributed by atoms with Gasteiger partial charge in [0.1, 0.15) is 0 Å². The summed E-state index contributed by atoms with van der Waals surface area (Å²) in [6.45, 7) is 1.09. The van der Waals surface area contributed by atoms with Crippen LogP contribution < -0.4 is 0 Å². The van der Waals surface area contributed by atoms with E-state index in [0.717, 1.165) is 0 Å². The quantitative estimate of drug-likeness (QED) is 0.581. The zero-order valence-corrected chi connectivity index (χ0v) is 6.23. The van der Waals surface area contributed by atoms with E-state index in [4.69, 9.17) is 15.6 Å². The topological polar surface area (TPSA) is 88.0 Å². The second-order valence-electron chi connectivity index (χ2n) is 2.33. The Labute approximate surface area is 65.3 Å². The fourth-order valence-corrected chi connectivity index (χ4v) is 0.650. The van der Waals surface area contributed by atoms with Crippen molar-refractivity contribution in [2.24, 2.45) is 11.8 Å². The van der Waals surface area contributed by atoms with Crippen LogP contribution in [0.2, 0.25) is 0 Å². The largest absolute Gasteiger partial charge is 0.395 e. The number of aliphatic hydroxyl groups is 2. The second-order valence-corrected chi connectivity index (χ2v) is 2.33. The van der Waals surface area contributed by atoms with Crippen LogP contribution in [-0.2, 0) is 0 Å². The van der Waals surface area contributed by atoms with Gasteiger partial charge in [0.25, 0.3) is 0 Å². The van der Waals surface area contributed by atoms with Crippen molar-refractivity contribution in [2.45, 2.75) is 13.0 Å². The Morgan fingerprint density at radius 2 is 1.91 bits per heavy atom. The van der Waals surface area contributed by atoms with Crippen LogP contribution in [-0.4, -0.2) is 22.9 Å². The van der Waals surface area contributed by atoms with Gasteiger partial charge >= 0.3 is 0 Å². The van der Waals surface area contributed by atoms with Gasteiger partial charge in [-0.1, -0.05) is 0 Å². The van der Waals surface area contributed by atoms with E-state index < -0.39 is 24.5 Å². The van der Waals surface area contributed by atoms with E-state index in [9.17, 15) is 5.11 Å². The van der Waals surface area contributed by atoms with Gasteiger partial charge in [-0.25, -0.2) is 0 Å². The van der Waals surface area contributed by atoms with Gasteiger partial charge in [0.2, 0.25) is 0 Å². The van der Waals surface area contributed by atoms with Gasteiger partial charge < -0.3 is 10.2 Å². The summed E-state index contributed by atoms with van der Waals surface area (Å²) >= 11 is 0. The van der Waals surface area contributed by atoms with Gasteiger partial charge in [-0.05, 0) is 6.92 Å². The van der Waals surface area contributed by atoms with E-state index in [1.165, 1.54) is 6.92 Å². The molecule has 0 radical (unpaired) electrons. The monoisotopic (exact) mass is 154 g/mol. The number of rotatable bonds is 3. The predicted molar refractivity (Wildman–Crippen MR) is 37.0 cm³/mol. The molecule has 0 aliphatic carbocycles. The van der Waals surface area contributed by atoms with Crippen molar-refractivity contribution in [3.63, 3.8) is 0 Å². The highest BCUT2D eigenvalue weighted by Crippen LogP contribution is 2.10. The molecule has 0 spiro atoms. The molecular weight excluding hydrogens is 144 g/mol. The Bertz CT molecular complexity index is 192. The average molecular weight is 154 g/mol. The lowest BCUT2D eigenvalue weighted by molar-refractivity contribution is 0.0703. The zero-order chi connectivity index (χ0) is 8.85. The number of hydrogen-bond acceptors (Lipinski definition) is 4. The molecule has 0 rings (SSSR count). The van der Waals surface area contributed by atoms with Crippen LogP contribution in [0.15, 0.2) is 0 Å². The van der Waals surface area contributed by atoms with E-state index in [1.54, 1.807) is 12.1 Å². The molecule has 3 atom stereocenters. The fraction of sp³-hybridized carbons (Fsp3) is 0.714. The average Bonchev–Trinajstić information content (AvgIpc) is 2.05. The number of nitriles is 2. The van der Waals surface area contributed by atoms with E-state index in [1.807, 2.05) is 0 Å². The Morgan fingerprint density at radius 1 is 1.36 bits per heavy atom. The Balaban J connectivity index is 4.13. The molecule has 0 aliphatic heterocycles. The summed E-state index contributed by atoms with van der Waals surface area (Å²) in [7, 11) is 0. The zero-order valence-electron chi connectivity index (χ0n) is 6.23. The second kappa shape index (κ2) is 4.68. The van der Waals surface area contributed by atoms with E-state index in [2.05, 4.69) is 0 Å². The van der Waals surface area contributed by atoms with Crippen LogP contribution in [0.25, 0.3) is 0 Å². The maximum absolute atomic E-state index is 9.17. The van der Waals surface area contributed by atoms with Gasteiger partial charge in [0, 0.05) is 0 Å². The van der Waals surface area contributed by atoms with Crippen LogP contribution in [0, 0.1) is 34.5 Å². The first-order valence-electron chi connectivity index (χ1n) is 3.25. The van der Waals surface area contributed by atoms with Gasteiger partial charge in [-0.15, -0.1) is 0 Å². The third kappa shape index (κ3) is 2.55. The lowest BCUT2D eigenvalue weighted by Gasteiger charge is -2.15. The molecule has 4 nitrogen and oxygen atoms in total. The fourth-order valence-electron chi connectivity index (χ4n) is 0.650. The molecule has 60 valence electrons. The third-order valence-electron chi connectivity index (χ3n) is 1.49. The van der Waals surface area contributed by atoms with Crippen LogP contribution in [0.3, 0.4) is 0 Å². The van der Waals surface area contributed by atoms with E-state index in [0.29, 0.717) is 0 Å². The Hall–Kier alpha value is -1.10. The molecule has 0 aromatic carbocycles. The van der Waals surface area contributed by atoms with Gasteiger partial charge in [-0.2, -0.15) is 10.5 Å². The molecule has 0 aromatic rings. The molecule has 0 amide bonds. The van der Waals surface area contributed by atoms with Crippen molar-refractivity contribution >= 4 is 0 Å². The summed E-state index contributed by atoms with van der Waals surface area (Å²) in [5.74, 6) is -1.48. The first-order valence-corrected chi connectivity index (χ1v) is 3.25. The molecule has 0 saturated carbocycles. The summed E-state index contributed by atoms with van der Waals surface area (Å²) in [6.07, 6.45) is -1.06. The molecule has 0 heterocycles. The maximum Gasteiger partial charge on any atom is 0.0965 e. The highest BCUT2D eigenvalue weighted by Gasteiger charge is 2.23. The van der Waals surface area contributed by atoms with Crippen LogP contribution in [0.5, 0.6) is 0 Å². The smallest absolute Gasteiger partial charge is 0.0965 e. The van der Waals surface area contributed by atoms with Crippen molar-refractivity contribution in [1.82, 2.24) is 0 Å². The highest BCUT2D eigenvalue weighted by atomic mass is 16.3. The maximum atomic E-state index is 9.17. The van der Waals surface area contributed by atoms with Gasteiger partial charge in [0.15, 0.2) is 0 Å². The first-order chi connectivity index (χ1) is 5.17. The summed E-state index contributed by atoms with van der Waals surface area (Å²) in [4.78, 5) is 0. The first kappa shape index (κ1) is 9.90. The summed E-state index contributed by atoms with van der Waals surface area (Å²) in [5, 5.41) is 34.4. The summed E-state index contributed by atoms with van der Waals surface area (Å²) < 4.78 is 0. The summed E-state index contributed by atoms with van der Waals surface area (Å²) in [5.41, 5.74) is 0. The van der Waals surface area contributed by atoms with E-state index in [-0.39, 0.29) is 0 Å².